The molecule has 7 heteroatoms. The highest BCUT2D eigenvalue weighted by atomic mass is 16.3. The second-order valence-electron chi connectivity index (χ2n) is 8.64. The largest absolute Gasteiger partial charge is 0.507 e. The van der Waals surface area contributed by atoms with Gasteiger partial charge in [0.25, 0.3) is 0 Å². The molecule has 2 aromatic carbocycles. The molecule has 0 unspecified atom stereocenters. The first kappa shape index (κ1) is 21.1. The molecule has 0 radical (unpaired) electrons. The molecule has 0 saturated heterocycles. The molecule has 4 rings (SSSR count). The van der Waals surface area contributed by atoms with Crippen LogP contribution in [-0.2, 0) is 12.8 Å². The van der Waals surface area contributed by atoms with Gasteiger partial charge in [0.2, 0.25) is 0 Å². The quantitative estimate of drug-likeness (QED) is 0.293. The highest BCUT2D eigenvalue weighted by molar-refractivity contribution is 6.04. The van der Waals surface area contributed by atoms with E-state index >= 15 is 0 Å². The van der Waals surface area contributed by atoms with Crippen molar-refractivity contribution in [3.05, 3.63) is 41.6 Å². The molecule has 0 atom stereocenters. The summed E-state index contributed by atoms with van der Waals surface area (Å²) in [6, 6.07) is 6.61. The topological polar surface area (TPSA) is 98.8 Å². The number of hydrogen-bond donors (Lipinski definition) is 5. The number of phenols is 3. The van der Waals surface area contributed by atoms with E-state index in [0.717, 1.165) is 52.8 Å². The molecule has 2 heterocycles. The van der Waals surface area contributed by atoms with Crippen LogP contribution in [0.25, 0.3) is 33.1 Å². The van der Waals surface area contributed by atoms with Crippen molar-refractivity contribution in [2.45, 2.75) is 12.8 Å². The number of nitrogens with zero attached hydrogens (tertiary/aromatic N) is 2. The number of fused-ring (bicyclic) bond motifs is 2. The summed E-state index contributed by atoms with van der Waals surface area (Å²) in [5, 5.41) is 33.1. The SMILES string of the molecule is CN(C)CCc1c[nH]c2c(-c3[nH]c4c(O)ccc(O)c4c3CCN(C)C)ccc(O)c12. The Balaban J connectivity index is 1.94. The third-order valence-electron chi connectivity index (χ3n) is 5.82. The van der Waals surface area contributed by atoms with E-state index in [1.807, 2.05) is 40.5 Å². The van der Waals surface area contributed by atoms with Crippen molar-refractivity contribution in [1.29, 1.82) is 0 Å². The molecule has 0 aliphatic carbocycles. The Kier molecular flexibility index (Phi) is 5.56. The number of nitrogens with one attached hydrogen (secondary N) is 2. The summed E-state index contributed by atoms with van der Waals surface area (Å²) in [6.07, 6.45) is 3.45. The van der Waals surface area contributed by atoms with Gasteiger partial charge in [0.05, 0.1) is 16.7 Å². The zero-order valence-corrected chi connectivity index (χ0v) is 18.5. The Bertz CT molecular complexity index is 1240. The van der Waals surface area contributed by atoms with Crippen LogP contribution < -0.4 is 0 Å². The highest BCUT2D eigenvalue weighted by Crippen LogP contribution is 2.43. The molecule has 31 heavy (non-hydrogen) atoms. The van der Waals surface area contributed by atoms with Crippen LogP contribution in [-0.4, -0.2) is 76.4 Å². The second kappa shape index (κ2) is 8.17. The lowest BCUT2D eigenvalue weighted by Crippen LogP contribution is -2.15. The van der Waals surface area contributed by atoms with E-state index < -0.39 is 0 Å². The smallest absolute Gasteiger partial charge is 0.139 e. The van der Waals surface area contributed by atoms with E-state index in [1.165, 1.54) is 12.1 Å². The molecule has 0 amide bonds. The van der Waals surface area contributed by atoms with Crippen LogP contribution in [0.5, 0.6) is 17.2 Å². The van der Waals surface area contributed by atoms with Gasteiger partial charge in [-0.2, -0.15) is 0 Å². The Labute approximate surface area is 181 Å². The van der Waals surface area contributed by atoms with Gasteiger partial charge in [-0.1, -0.05) is 0 Å². The van der Waals surface area contributed by atoms with Crippen LogP contribution >= 0.6 is 0 Å². The number of aromatic nitrogens is 2. The average molecular weight is 423 g/mol. The minimum Gasteiger partial charge on any atom is -0.507 e. The van der Waals surface area contributed by atoms with E-state index in [9.17, 15) is 15.3 Å². The Morgan fingerprint density at radius 2 is 1.35 bits per heavy atom. The van der Waals surface area contributed by atoms with Crippen molar-refractivity contribution < 1.29 is 15.3 Å². The van der Waals surface area contributed by atoms with Crippen LogP contribution in [0, 0.1) is 0 Å². The number of likely N-dealkylation sites (N-methyl/N-ethyl adjacent to an activating group) is 2. The van der Waals surface area contributed by atoms with Gasteiger partial charge in [0.1, 0.15) is 17.2 Å². The average Bonchev–Trinajstić information content (AvgIpc) is 3.31. The molecule has 0 spiro atoms. The van der Waals surface area contributed by atoms with Crippen LogP contribution in [0.2, 0.25) is 0 Å². The lowest BCUT2D eigenvalue weighted by Gasteiger charge is -2.12. The lowest BCUT2D eigenvalue weighted by molar-refractivity contribution is 0.414. The fourth-order valence-electron chi connectivity index (χ4n) is 4.20. The molecular formula is C24H30N4O3. The molecule has 4 aromatic rings. The molecule has 0 aliphatic heterocycles. The van der Waals surface area contributed by atoms with Crippen LogP contribution in [0.4, 0.5) is 0 Å². The maximum atomic E-state index is 10.6. The fraction of sp³-hybridized carbons (Fsp3) is 0.333. The van der Waals surface area contributed by atoms with Crippen molar-refractivity contribution in [3.63, 3.8) is 0 Å². The van der Waals surface area contributed by atoms with Gasteiger partial charge in [-0.15, -0.1) is 0 Å². The lowest BCUT2D eigenvalue weighted by atomic mass is 9.98. The molecule has 0 saturated carbocycles. The van der Waals surface area contributed by atoms with Crippen LogP contribution in [0.15, 0.2) is 30.5 Å². The maximum Gasteiger partial charge on any atom is 0.139 e. The third kappa shape index (κ3) is 3.82. The van der Waals surface area contributed by atoms with Crippen LogP contribution in [0.1, 0.15) is 11.1 Å². The van der Waals surface area contributed by atoms with Gasteiger partial charge in [-0.3, -0.25) is 0 Å². The van der Waals surface area contributed by atoms with Gasteiger partial charge in [-0.25, -0.2) is 0 Å². The Hall–Kier alpha value is -3.16. The van der Waals surface area contributed by atoms with Gasteiger partial charge >= 0.3 is 0 Å². The van der Waals surface area contributed by atoms with Crippen LogP contribution in [0.3, 0.4) is 0 Å². The number of phenolic OH excluding ortho intramolecular Hbond substituents is 3. The predicted molar refractivity (Wildman–Crippen MR) is 125 cm³/mol. The van der Waals surface area contributed by atoms with Crippen molar-refractivity contribution in [2.24, 2.45) is 0 Å². The molecule has 164 valence electrons. The number of rotatable bonds is 7. The zero-order chi connectivity index (χ0) is 22.3. The van der Waals surface area contributed by atoms with Gasteiger partial charge in [-0.05, 0) is 76.4 Å². The molecule has 5 N–H and O–H groups in total. The fourth-order valence-corrected chi connectivity index (χ4v) is 4.20. The summed E-state index contributed by atoms with van der Waals surface area (Å²) in [4.78, 5) is 10.9. The molecule has 2 aromatic heterocycles. The Morgan fingerprint density at radius 3 is 2.06 bits per heavy atom. The minimum absolute atomic E-state index is 0.0957. The second-order valence-corrected chi connectivity index (χ2v) is 8.64. The first-order valence-corrected chi connectivity index (χ1v) is 10.4. The van der Waals surface area contributed by atoms with Gasteiger partial charge < -0.3 is 35.1 Å². The van der Waals surface area contributed by atoms with Crippen molar-refractivity contribution >= 4 is 21.8 Å². The van der Waals surface area contributed by atoms with E-state index in [1.54, 1.807) is 6.07 Å². The number of aromatic amines is 2. The maximum absolute atomic E-state index is 10.6. The van der Waals surface area contributed by atoms with Crippen molar-refractivity contribution in [2.75, 3.05) is 41.3 Å². The van der Waals surface area contributed by atoms with E-state index in [2.05, 4.69) is 19.8 Å². The highest BCUT2D eigenvalue weighted by Gasteiger charge is 2.22. The van der Waals surface area contributed by atoms with Gasteiger partial charge in [0.15, 0.2) is 0 Å². The molecular weight excluding hydrogens is 392 g/mol. The summed E-state index contributed by atoms with van der Waals surface area (Å²) in [6.45, 7) is 1.66. The van der Waals surface area contributed by atoms with Crippen molar-refractivity contribution in [3.8, 4) is 28.5 Å². The number of aromatic hydroxyl groups is 3. The first-order valence-electron chi connectivity index (χ1n) is 10.4. The molecule has 0 bridgehead atoms. The van der Waals surface area contributed by atoms with Crippen molar-refractivity contribution in [1.82, 2.24) is 19.8 Å². The molecule has 0 aliphatic rings. The van der Waals surface area contributed by atoms with Gasteiger partial charge in [0, 0.05) is 35.6 Å². The number of H-pyrrole nitrogens is 2. The first-order chi connectivity index (χ1) is 14.8. The van der Waals surface area contributed by atoms with E-state index in [4.69, 9.17) is 0 Å². The minimum atomic E-state index is 0.0957. The van der Waals surface area contributed by atoms with E-state index in [0.29, 0.717) is 17.3 Å². The standard InChI is InChI=1S/C24H30N4O3/c1-27(2)11-9-14-13-25-23-16(5-6-17(29)20(14)23)22-15(10-12-28(3)4)21-18(30)7-8-19(31)24(21)26-22/h5-8,13,25-26,29-31H,9-12H2,1-4H3. The summed E-state index contributed by atoms with van der Waals surface area (Å²) >= 11 is 0. The third-order valence-corrected chi connectivity index (χ3v) is 5.82. The Morgan fingerprint density at radius 1 is 0.742 bits per heavy atom. The monoisotopic (exact) mass is 422 g/mol. The summed E-state index contributed by atoms with van der Waals surface area (Å²) in [5.41, 5.74) is 5.08. The zero-order valence-electron chi connectivity index (χ0n) is 18.5. The summed E-state index contributed by atoms with van der Waals surface area (Å²) in [7, 11) is 8.07. The normalized spacial score (nSPS) is 12.1. The molecule has 7 nitrogen and oxygen atoms in total. The number of hydrogen-bond acceptors (Lipinski definition) is 5. The predicted octanol–water partition coefficient (Wildman–Crippen LogP) is 3.64. The van der Waals surface area contributed by atoms with E-state index in [-0.39, 0.29) is 17.2 Å². The summed E-state index contributed by atoms with van der Waals surface area (Å²) < 4.78 is 0. The number of benzene rings is 2. The molecule has 0 fully saturated rings. The summed E-state index contributed by atoms with van der Waals surface area (Å²) in [5.74, 6) is 0.473.